The monoisotopic (exact) mass is 310 g/mol. The zero-order chi connectivity index (χ0) is 15.2. The lowest BCUT2D eigenvalue weighted by Crippen LogP contribution is -2.39. The maximum absolute atomic E-state index is 11.9. The van der Waals surface area contributed by atoms with Gasteiger partial charge in [-0.2, -0.15) is 13.2 Å². The Morgan fingerprint density at radius 3 is 2.40 bits per heavy atom. The van der Waals surface area contributed by atoms with E-state index in [4.69, 9.17) is 11.6 Å². The van der Waals surface area contributed by atoms with Crippen molar-refractivity contribution in [3.63, 3.8) is 0 Å². The highest BCUT2D eigenvalue weighted by molar-refractivity contribution is 6.30. The van der Waals surface area contributed by atoms with Gasteiger partial charge in [0.05, 0.1) is 12.5 Å². The van der Waals surface area contributed by atoms with Crippen molar-refractivity contribution in [3.05, 3.63) is 34.9 Å². The first-order chi connectivity index (χ1) is 9.28. The number of carbonyl (C=O) groups excluding carboxylic acids is 1. The van der Waals surface area contributed by atoms with E-state index >= 15 is 0 Å². The molecule has 0 saturated carbocycles. The summed E-state index contributed by atoms with van der Waals surface area (Å²) in [5.74, 6) is 0. The number of alkyl halides is 3. The van der Waals surface area contributed by atoms with Gasteiger partial charge in [0, 0.05) is 18.1 Å². The molecule has 2 amide bonds. The summed E-state index contributed by atoms with van der Waals surface area (Å²) in [6, 6.07) is 5.60. The van der Waals surface area contributed by atoms with Crippen LogP contribution in [0.15, 0.2) is 24.3 Å². The molecule has 20 heavy (non-hydrogen) atoms. The fourth-order valence-electron chi connectivity index (χ4n) is 1.37. The first-order valence-electron chi connectivity index (χ1n) is 5.80. The number of nitrogens with one attached hydrogen (secondary N) is 2. The Morgan fingerprint density at radius 1 is 1.25 bits per heavy atom. The molecule has 0 radical (unpaired) electrons. The van der Waals surface area contributed by atoms with Gasteiger partial charge in [0.15, 0.2) is 0 Å². The number of urea groups is 1. The van der Waals surface area contributed by atoms with Gasteiger partial charge in [0.25, 0.3) is 0 Å². The smallest absolute Gasteiger partial charge is 0.387 e. The predicted octanol–water partition coefficient (Wildman–Crippen LogP) is 2.63. The van der Waals surface area contributed by atoms with Gasteiger partial charge in [-0.05, 0) is 17.7 Å². The largest absolute Gasteiger partial charge is 0.390 e. The average Bonchev–Trinajstić information content (AvgIpc) is 2.35. The zero-order valence-electron chi connectivity index (χ0n) is 10.4. The number of hydrogen-bond acceptors (Lipinski definition) is 2. The van der Waals surface area contributed by atoms with E-state index < -0.39 is 31.3 Å². The molecule has 0 spiro atoms. The molecule has 0 bridgehead atoms. The third kappa shape index (κ3) is 6.63. The van der Waals surface area contributed by atoms with Crippen LogP contribution >= 0.6 is 11.6 Å². The van der Waals surface area contributed by atoms with E-state index in [2.05, 4.69) is 10.6 Å². The second kappa shape index (κ2) is 7.35. The Hall–Kier alpha value is -1.47. The summed E-state index contributed by atoms with van der Waals surface area (Å²) in [5.41, 5.74) is 0.546. The molecule has 1 rings (SSSR count). The lowest BCUT2D eigenvalue weighted by atomic mass is 10.1. The van der Waals surface area contributed by atoms with E-state index in [1.165, 1.54) is 0 Å². The van der Waals surface area contributed by atoms with E-state index in [0.29, 0.717) is 10.6 Å². The van der Waals surface area contributed by atoms with Crippen LogP contribution in [0, 0.1) is 0 Å². The first-order valence-corrected chi connectivity index (χ1v) is 6.18. The molecular formula is C12H14ClF3N2O2. The number of aliphatic hydroxyl groups is 1. The second-order valence-corrected chi connectivity index (χ2v) is 4.51. The van der Waals surface area contributed by atoms with Crippen molar-refractivity contribution in [2.75, 3.05) is 13.1 Å². The van der Waals surface area contributed by atoms with Crippen LogP contribution in [0.5, 0.6) is 0 Å². The van der Waals surface area contributed by atoms with Gasteiger partial charge in [-0.3, -0.25) is 0 Å². The SMILES string of the molecule is O=C(NCCC(F)(F)F)NCC(O)c1ccc(Cl)cc1. The summed E-state index contributed by atoms with van der Waals surface area (Å²) in [7, 11) is 0. The van der Waals surface area contributed by atoms with Crippen molar-refractivity contribution in [1.29, 1.82) is 0 Å². The van der Waals surface area contributed by atoms with Crippen LogP contribution < -0.4 is 10.6 Å². The van der Waals surface area contributed by atoms with Crippen molar-refractivity contribution < 1.29 is 23.1 Å². The van der Waals surface area contributed by atoms with Crippen molar-refractivity contribution in [3.8, 4) is 0 Å². The van der Waals surface area contributed by atoms with Gasteiger partial charge in [-0.25, -0.2) is 4.79 Å². The van der Waals surface area contributed by atoms with Crippen molar-refractivity contribution in [2.45, 2.75) is 18.7 Å². The first kappa shape index (κ1) is 16.6. The van der Waals surface area contributed by atoms with E-state index in [9.17, 15) is 23.1 Å². The molecule has 1 unspecified atom stereocenters. The molecule has 8 heteroatoms. The van der Waals surface area contributed by atoms with Gasteiger partial charge < -0.3 is 15.7 Å². The zero-order valence-corrected chi connectivity index (χ0v) is 11.1. The summed E-state index contributed by atoms with van der Waals surface area (Å²) < 4.78 is 35.6. The third-order valence-electron chi connectivity index (χ3n) is 2.40. The summed E-state index contributed by atoms with van der Waals surface area (Å²) >= 11 is 5.68. The molecule has 112 valence electrons. The van der Waals surface area contributed by atoms with Crippen LogP contribution in [0.1, 0.15) is 18.1 Å². The normalized spacial score (nSPS) is 12.8. The fraction of sp³-hybridized carbons (Fsp3) is 0.417. The summed E-state index contributed by atoms with van der Waals surface area (Å²) in [6.07, 6.45) is -6.36. The number of benzene rings is 1. The molecule has 0 aromatic heterocycles. The van der Waals surface area contributed by atoms with Gasteiger partial charge in [-0.1, -0.05) is 23.7 Å². The number of amides is 2. The molecule has 1 aromatic carbocycles. The van der Waals surface area contributed by atoms with Crippen LogP contribution in [-0.2, 0) is 0 Å². The summed E-state index contributed by atoms with van der Waals surface area (Å²) in [6.45, 7) is -0.619. The standard InChI is InChI=1S/C12H14ClF3N2O2/c13-9-3-1-8(2-4-9)10(19)7-18-11(20)17-6-5-12(14,15)16/h1-4,10,19H,5-7H2,(H2,17,18,20). The molecular weight excluding hydrogens is 297 g/mol. The molecule has 0 fully saturated rings. The van der Waals surface area contributed by atoms with Gasteiger partial charge in [0.2, 0.25) is 0 Å². The number of rotatable bonds is 5. The van der Waals surface area contributed by atoms with Crippen molar-refractivity contribution in [2.24, 2.45) is 0 Å². The molecule has 1 atom stereocenters. The minimum atomic E-state index is -4.31. The van der Waals surface area contributed by atoms with Gasteiger partial charge in [-0.15, -0.1) is 0 Å². The van der Waals surface area contributed by atoms with E-state index in [-0.39, 0.29) is 6.54 Å². The van der Waals surface area contributed by atoms with E-state index in [0.717, 1.165) is 0 Å². The van der Waals surface area contributed by atoms with Crippen LogP contribution in [0.3, 0.4) is 0 Å². The molecule has 3 N–H and O–H groups in total. The predicted molar refractivity (Wildman–Crippen MR) is 68.5 cm³/mol. The van der Waals surface area contributed by atoms with E-state index in [1.54, 1.807) is 24.3 Å². The molecule has 0 heterocycles. The minimum absolute atomic E-state index is 0.112. The van der Waals surface area contributed by atoms with Crippen LogP contribution in [0.2, 0.25) is 5.02 Å². The number of carbonyl (C=O) groups is 1. The summed E-state index contributed by atoms with van der Waals surface area (Å²) in [5, 5.41) is 14.6. The van der Waals surface area contributed by atoms with Gasteiger partial charge >= 0.3 is 12.2 Å². The highest BCUT2D eigenvalue weighted by Gasteiger charge is 2.26. The Bertz CT molecular complexity index is 437. The summed E-state index contributed by atoms with van der Waals surface area (Å²) in [4.78, 5) is 11.2. The molecule has 1 aromatic rings. The van der Waals surface area contributed by atoms with Gasteiger partial charge in [0.1, 0.15) is 0 Å². The maximum atomic E-state index is 11.9. The van der Waals surface area contributed by atoms with Crippen LogP contribution in [0.25, 0.3) is 0 Å². The molecule has 4 nitrogen and oxygen atoms in total. The topological polar surface area (TPSA) is 61.4 Å². The number of aliphatic hydroxyl groups excluding tert-OH is 1. The van der Waals surface area contributed by atoms with E-state index in [1.807, 2.05) is 0 Å². The third-order valence-corrected chi connectivity index (χ3v) is 2.66. The highest BCUT2D eigenvalue weighted by Crippen LogP contribution is 2.18. The Kier molecular flexibility index (Phi) is 6.09. The Morgan fingerprint density at radius 2 is 1.85 bits per heavy atom. The molecule has 0 aliphatic heterocycles. The maximum Gasteiger partial charge on any atom is 0.390 e. The quantitative estimate of drug-likeness (QED) is 0.783. The fourth-order valence-corrected chi connectivity index (χ4v) is 1.50. The van der Waals surface area contributed by atoms with Crippen LogP contribution in [0.4, 0.5) is 18.0 Å². The van der Waals surface area contributed by atoms with Crippen molar-refractivity contribution >= 4 is 17.6 Å². The number of halogens is 4. The Labute approximate surface area is 118 Å². The minimum Gasteiger partial charge on any atom is -0.387 e. The lowest BCUT2D eigenvalue weighted by molar-refractivity contribution is -0.132. The second-order valence-electron chi connectivity index (χ2n) is 4.07. The molecule has 0 aliphatic carbocycles. The number of hydrogen-bond donors (Lipinski definition) is 3. The Balaban J connectivity index is 2.28. The molecule has 0 saturated heterocycles. The highest BCUT2D eigenvalue weighted by atomic mass is 35.5. The average molecular weight is 311 g/mol. The van der Waals surface area contributed by atoms with Crippen LogP contribution in [-0.4, -0.2) is 30.4 Å². The van der Waals surface area contributed by atoms with Crippen molar-refractivity contribution in [1.82, 2.24) is 10.6 Å². The lowest BCUT2D eigenvalue weighted by Gasteiger charge is -2.13. The molecule has 0 aliphatic rings.